The molecule has 0 aromatic carbocycles. The van der Waals surface area contributed by atoms with Crippen molar-refractivity contribution in [2.24, 2.45) is 11.8 Å². The molecule has 0 aromatic heterocycles. The van der Waals surface area contributed by atoms with Crippen LogP contribution in [0.5, 0.6) is 0 Å². The van der Waals surface area contributed by atoms with Crippen molar-refractivity contribution >= 4 is 18.0 Å². The number of alkyl carbamates (subject to hydrolysis) is 1. The Labute approximate surface area is 130 Å². The molecule has 22 heavy (non-hydrogen) atoms. The fourth-order valence-corrected chi connectivity index (χ4v) is 2.17. The highest BCUT2D eigenvalue weighted by Crippen LogP contribution is 2.25. The van der Waals surface area contributed by atoms with Crippen molar-refractivity contribution in [2.75, 3.05) is 13.1 Å². The van der Waals surface area contributed by atoms with E-state index in [4.69, 9.17) is 9.84 Å². The van der Waals surface area contributed by atoms with Crippen LogP contribution in [0, 0.1) is 11.8 Å². The fourth-order valence-electron chi connectivity index (χ4n) is 2.17. The molecule has 0 saturated carbocycles. The number of aliphatic carboxylic acids is 1. The Bertz CT molecular complexity index is 453. The molecule has 0 bridgehead atoms. The third-order valence-electron chi connectivity index (χ3n) is 3.18. The number of nitrogens with one attached hydrogen (secondary N) is 2. The van der Waals surface area contributed by atoms with Crippen LogP contribution in [0.4, 0.5) is 4.79 Å². The van der Waals surface area contributed by atoms with Crippen molar-refractivity contribution in [3.05, 3.63) is 12.2 Å². The predicted molar refractivity (Wildman–Crippen MR) is 80.2 cm³/mol. The van der Waals surface area contributed by atoms with Crippen molar-refractivity contribution in [2.45, 2.75) is 39.2 Å². The Kier molecular flexibility index (Phi) is 6.39. The molecule has 0 saturated heterocycles. The van der Waals surface area contributed by atoms with Crippen LogP contribution in [-0.4, -0.2) is 41.8 Å². The van der Waals surface area contributed by atoms with Gasteiger partial charge in [-0.3, -0.25) is 9.59 Å². The first kappa shape index (κ1) is 18.0. The average Bonchev–Trinajstić information content (AvgIpc) is 2.41. The number of carboxylic acids is 1. The third-order valence-corrected chi connectivity index (χ3v) is 3.18. The Morgan fingerprint density at radius 1 is 1.09 bits per heavy atom. The number of rotatable bonds is 5. The molecule has 1 aliphatic rings. The van der Waals surface area contributed by atoms with Crippen LogP contribution >= 0.6 is 0 Å². The second-order valence-corrected chi connectivity index (χ2v) is 6.21. The van der Waals surface area contributed by atoms with Gasteiger partial charge >= 0.3 is 12.1 Å². The first-order valence-corrected chi connectivity index (χ1v) is 7.33. The van der Waals surface area contributed by atoms with Crippen molar-refractivity contribution in [1.29, 1.82) is 0 Å². The van der Waals surface area contributed by atoms with Gasteiger partial charge in [0, 0.05) is 13.1 Å². The second kappa shape index (κ2) is 7.82. The molecule has 0 heterocycles. The maximum atomic E-state index is 12.0. The average molecular weight is 312 g/mol. The minimum absolute atomic E-state index is 0.223. The van der Waals surface area contributed by atoms with Gasteiger partial charge in [-0.25, -0.2) is 4.79 Å². The summed E-state index contributed by atoms with van der Waals surface area (Å²) >= 11 is 0. The smallest absolute Gasteiger partial charge is 0.407 e. The molecule has 7 nitrogen and oxygen atoms in total. The number of ether oxygens (including phenoxy) is 1. The van der Waals surface area contributed by atoms with E-state index in [9.17, 15) is 14.4 Å². The highest BCUT2D eigenvalue weighted by molar-refractivity contribution is 5.85. The molecule has 0 fully saturated rings. The maximum absolute atomic E-state index is 12.0. The van der Waals surface area contributed by atoms with Gasteiger partial charge in [-0.05, 0) is 33.6 Å². The van der Waals surface area contributed by atoms with Crippen LogP contribution in [-0.2, 0) is 14.3 Å². The topological polar surface area (TPSA) is 105 Å². The molecule has 1 rings (SSSR count). The second-order valence-electron chi connectivity index (χ2n) is 6.21. The number of allylic oxidation sites excluding steroid dienone is 2. The minimum Gasteiger partial charge on any atom is -0.481 e. The summed E-state index contributed by atoms with van der Waals surface area (Å²) in [5.74, 6) is -2.52. The van der Waals surface area contributed by atoms with Gasteiger partial charge in [0.25, 0.3) is 0 Å². The van der Waals surface area contributed by atoms with Gasteiger partial charge in [0.1, 0.15) is 5.60 Å². The van der Waals surface area contributed by atoms with Gasteiger partial charge in [0.05, 0.1) is 11.8 Å². The summed E-state index contributed by atoms with van der Waals surface area (Å²) < 4.78 is 5.06. The van der Waals surface area contributed by atoms with E-state index < -0.39 is 29.5 Å². The van der Waals surface area contributed by atoms with Crippen LogP contribution in [0.15, 0.2) is 12.2 Å². The number of carboxylic acid groups (broad SMARTS) is 1. The van der Waals surface area contributed by atoms with Gasteiger partial charge in [-0.1, -0.05) is 12.2 Å². The zero-order valence-electron chi connectivity index (χ0n) is 13.2. The van der Waals surface area contributed by atoms with Crippen LogP contribution in [0.1, 0.15) is 33.6 Å². The minimum atomic E-state index is -0.962. The lowest BCUT2D eigenvalue weighted by Crippen LogP contribution is -2.42. The Hall–Kier alpha value is -2.05. The molecule has 7 heteroatoms. The number of hydrogen-bond donors (Lipinski definition) is 3. The highest BCUT2D eigenvalue weighted by atomic mass is 16.6. The van der Waals surface area contributed by atoms with Crippen molar-refractivity contribution in [1.82, 2.24) is 10.6 Å². The van der Waals surface area contributed by atoms with Gasteiger partial charge in [-0.2, -0.15) is 0 Å². The molecule has 0 aliphatic heterocycles. The van der Waals surface area contributed by atoms with E-state index in [-0.39, 0.29) is 19.0 Å². The predicted octanol–water partition coefficient (Wildman–Crippen LogP) is 1.29. The summed E-state index contributed by atoms with van der Waals surface area (Å²) in [7, 11) is 0. The lowest BCUT2D eigenvalue weighted by atomic mass is 9.82. The SMILES string of the molecule is CC(C)(C)OC(=O)NCCNC(=O)C1CC=CCC1C(=O)O. The molecule has 2 unspecified atom stereocenters. The van der Waals surface area contributed by atoms with Crippen molar-refractivity contribution < 1.29 is 24.2 Å². The molecule has 0 radical (unpaired) electrons. The summed E-state index contributed by atoms with van der Waals surface area (Å²) in [6.45, 7) is 5.73. The van der Waals surface area contributed by atoms with E-state index in [0.29, 0.717) is 12.8 Å². The van der Waals surface area contributed by atoms with E-state index in [1.807, 2.05) is 6.08 Å². The summed E-state index contributed by atoms with van der Waals surface area (Å²) in [6.07, 6.45) is 3.84. The Morgan fingerprint density at radius 2 is 1.64 bits per heavy atom. The van der Waals surface area contributed by atoms with Crippen LogP contribution < -0.4 is 10.6 Å². The Balaban J connectivity index is 2.32. The van der Waals surface area contributed by atoms with Crippen LogP contribution in [0.3, 0.4) is 0 Å². The van der Waals surface area contributed by atoms with Gasteiger partial charge in [0.15, 0.2) is 0 Å². The highest BCUT2D eigenvalue weighted by Gasteiger charge is 2.33. The van der Waals surface area contributed by atoms with E-state index in [0.717, 1.165) is 0 Å². The number of hydrogen-bond acceptors (Lipinski definition) is 4. The summed E-state index contributed by atoms with van der Waals surface area (Å²) in [5, 5.41) is 14.3. The fraction of sp³-hybridized carbons (Fsp3) is 0.667. The van der Waals surface area contributed by atoms with Gasteiger partial charge < -0.3 is 20.5 Å². The number of amides is 2. The lowest BCUT2D eigenvalue weighted by Gasteiger charge is -2.24. The Morgan fingerprint density at radius 3 is 2.18 bits per heavy atom. The first-order valence-electron chi connectivity index (χ1n) is 7.33. The molecule has 2 atom stereocenters. The molecule has 3 N–H and O–H groups in total. The molecule has 0 spiro atoms. The largest absolute Gasteiger partial charge is 0.481 e. The van der Waals surface area contributed by atoms with Gasteiger partial charge in [-0.15, -0.1) is 0 Å². The quantitative estimate of drug-likeness (QED) is 0.524. The number of carbonyl (C=O) groups is 3. The molecule has 0 aromatic rings. The molecular formula is C15H24N2O5. The van der Waals surface area contributed by atoms with Crippen molar-refractivity contribution in [3.8, 4) is 0 Å². The van der Waals surface area contributed by atoms with Gasteiger partial charge in [0.2, 0.25) is 5.91 Å². The summed E-state index contributed by atoms with van der Waals surface area (Å²) in [4.78, 5) is 34.6. The molecular weight excluding hydrogens is 288 g/mol. The van der Waals surface area contributed by atoms with Crippen LogP contribution in [0.2, 0.25) is 0 Å². The molecule has 124 valence electrons. The monoisotopic (exact) mass is 312 g/mol. The molecule has 2 amide bonds. The number of carbonyl (C=O) groups excluding carboxylic acids is 2. The van der Waals surface area contributed by atoms with Crippen LogP contribution in [0.25, 0.3) is 0 Å². The van der Waals surface area contributed by atoms with Crippen molar-refractivity contribution in [3.63, 3.8) is 0 Å². The first-order chi connectivity index (χ1) is 10.2. The van der Waals surface area contributed by atoms with E-state index in [1.165, 1.54) is 0 Å². The van der Waals surface area contributed by atoms with E-state index in [1.54, 1.807) is 26.8 Å². The third kappa shape index (κ3) is 6.15. The maximum Gasteiger partial charge on any atom is 0.407 e. The zero-order chi connectivity index (χ0) is 16.8. The normalized spacial score (nSPS) is 21.0. The lowest BCUT2D eigenvalue weighted by molar-refractivity contribution is -0.147. The zero-order valence-corrected chi connectivity index (χ0v) is 13.2. The standard InChI is InChI=1S/C15H24N2O5/c1-15(2,3)22-14(21)17-9-8-16-12(18)10-6-4-5-7-11(10)13(19)20/h4-5,10-11H,6-9H2,1-3H3,(H,16,18)(H,17,21)(H,19,20). The summed E-state index contributed by atoms with van der Waals surface area (Å²) in [6, 6.07) is 0. The van der Waals surface area contributed by atoms with E-state index >= 15 is 0 Å². The molecule has 1 aliphatic carbocycles. The van der Waals surface area contributed by atoms with E-state index in [2.05, 4.69) is 10.6 Å². The summed E-state index contributed by atoms with van der Waals surface area (Å²) in [5.41, 5.74) is -0.573.